The summed E-state index contributed by atoms with van der Waals surface area (Å²) in [5.41, 5.74) is 0. The van der Waals surface area contributed by atoms with Crippen LogP contribution < -0.4 is 4.74 Å². The Balaban J connectivity index is 2.04. The zero-order valence-corrected chi connectivity index (χ0v) is 12.4. The molecule has 2 aromatic carbocycles. The fourth-order valence-electron chi connectivity index (χ4n) is 1.37. The molecular formula is C15H11BrO2S. The fourth-order valence-corrected chi connectivity index (χ4v) is 2.45. The van der Waals surface area contributed by atoms with E-state index < -0.39 is 5.97 Å². The number of ether oxygens (including phenoxy) is 1. The minimum absolute atomic E-state index is 0.451. The van der Waals surface area contributed by atoms with Gasteiger partial charge in [-0.2, -0.15) is 0 Å². The van der Waals surface area contributed by atoms with Crippen molar-refractivity contribution >= 4 is 33.7 Å². The van der Waals surface area contributed by atoms with Gasteiger partial charge in [0.1, 0.15) is 5.75 Å². The number of hydrogen-bond donors (Lipinski definition) is 0. The summed E-state index contributed by atoms with van der Waals surface area (Å²) in [4.78, 5) is 13.3. The van der Waals surface area contributed by atoms with Crippen LogP contribution in [0.4, 0.5) is 0 Å². The predicted molar refractivity (Wildman–Crippen MR) is 80.5 cm³/mol. The van der Waals surface area contributed by atoms with E-state index in [1.54, 1.807) is 23.9 Å². The predicted octanol–water partition coefficient (Wildman–Crippen LogP) is 4.69. The highest BCUT2D eigenvalue weighted by Gasteiger charge is 2.01. The second kappa shape index (κ2) is 6.59. The first kappa shape index (κ1) is 13.9. The lowest BCUT2D eigenvalue weighted by atomic mass is 10.3. The van der Waals surface area contributed by atoms with Gasteiger partial charge in [-0.05, 0) is 48.5 Å². The van der Waals surface area contributed by atoms with Gasteiger partial charge < -0.3 is 4.74 Å². The van der Waals surface area contributed by atoms with Crippen molar-refractivity contribution < 1.29 is 9.53 Å². The number of halogens is 1. The highest BCUT2D eigenvalue weighted by molar-refractivity contribution is 9.10. The van der Waals surface area contributed by atoms with E-state index in [0.717, 1.165) is 20.3 Å². The Bertz CT molecular complexity index is 576. The molecule has 0 aliphatic carbocycles. The number of carbonyl (C=O) groups excluding carboxylic acids is 1. The average Bonchev–Trinajstić information content (AvgIpc) is 2.43. The normalized spacial score (nSPS) is 9.95. The Morgan fingerprint density at radius 1 is 1.05 bits per heavy atom. The highest BCUT2D eigenvalue weighted by Crippen LogP contribution is 2.29. The van der Waals surface area contributed by atoms with Crippen LogP contribution in [0.2, 0.25) is 0 Å². The highest BCUT2D eigenvalue weighted by atomic mass is 79.9. The zero-order valence-electron chi connectivity index (χ0n) is 10.0. The molecule has 0 spiro atoms. The van der Waals surface area contributed by atoms with Crippen molar-refractivity contribution in [1.29, 1.82) is 0 Å². The largest absolute Gasteiger partial charge is 0.423 e. The van der Waals surface area contributed by atoms with Crippen LogP contribution in [-0.2, 0) is 4.79 Å². The fraction of sp³-hybridized carbons (Fsp3) is 0. The molecule has 0 aromatic heterocycles. The van der Waals surface area contributed by atoms with Crippen molar-refractivity contribution in [2.75, 3.05) is 0 Å². The number of hydrogen-bond acceptors (Lipinski definition) is 3. The van der Waals surface area contributed by atoms with Gasteiger partial charge in [-0.25, -0.2) is 4.79 Å². The Labute approximate surface area is 124 Å². The van der Waals surface area contributed by atoms with Gasteiger partial charge in [-0.3, -0.25) is 0 Å². The van der Waals surface area contributed by atoms with Crippen LogP contribution in [0.3, 0.4) is 0 Å². The summed E-state index contributed by atoms with van der Waals surface area (Å²) in [5.74, 6) is 0.0679. The van der Waals surface area contributed by atoms with Crippen LogP contribution in [0.15, 0.2) is 75.4 Å². The average molecular weight is 335 g/mol. The second-order valence-corrected chi connectivity index (χ2v) is 5.72. The molecule has 0 aliphatic rings. The molecule has 0 unspecified atom stereocenters. The van der Waals surface area contributed by atoms with E-state index in [4.69, 9.17) is 4.74 Å². The molecular weight excluding hydrogens is 324 g/mol. The molecule has 19 heavy (non-hydrogen) atoms. The minimum atomic E-state index is -0.451. The Hall–Kier alpha value is -1.52. The Kier molecular flexibility index (Phi) is 4.82. The zero-order chi connectivity index (χ0) is 13.7. The lowest BCUT2D eigenvalue weighted by Gasteiger charge is -2.04. The van der Waals surface area contributed by atoms with E-state index in [0.29, 0.717) is 5.75 Å². The topological polar surface area (TPSA) is 26.3 Å². The van der Waals surface area contributed by atoms with Crippen LogP contribution in [0.5, 0.6) is 5.75 Å². The molecule has 0 amide bonds. The van der Waals surface area contributed by atoms with Gasteiger partial charge in [0, 0.05) is 20.3 Å². The molecule has 0 aliphatic heterocycles. The molecule has 0 bridgehead atoms. The van der Waals surface area contributed by atoms with Crippen LogP contribution >= 0.6 is 27.7 Å². The standard InChI is InChI=1S/C15H11BrO2S/c1-2-15(17)18-12-5-9-14(10-6-12)19-13-7-3-11(16)4-8-13/h2-10H,1H2. The third kappa shape index (κ3) is 4.26. The van der Waals surface area contributed by atoms with Gasteiger partial charge >= 0.3 is 5.97 Å². The summed E-state index contributed by atoms with van der Waals surface area (Å²) in [5, 5.41) is 0. The molecule has 2 aromatic rings. The molecule has 0 atom stereocenters. The monoisotopic (exact) mass is 334 g/mol. The molecule has 2 nitrogen and oxygen atoms in total. The Morgan fingerprint density at radius 2 is 1.58 bits per heavy atom. The van der Waals surface area contributed by atoms with Crippen LogP contribution in [0.1, 0.15) is 0 Å². The van der Waals surface area contributed by atoms with Crippen molar-refractivity contribution in [3.8, 4) is 5.75 Å². The molecule has 96 valence electrons. The maximum absolute atomic E-state index is 11.0. The quantitative estimate of drug-likeness (QED) is 0.461. The number of rotatable bonds is 4. The lowest BCUT2D eigenvalue weighted by Crippen LogP contribution is -2.02. The summed E-state index contributed by atoms with van der Waals surface area (Å²) < 4.78 is 6.07. The molecule has 0 N–H and O–H groups in total. The summed E-state index contributed by atoms with van der Waals surface area (Å²) in [6.45, 7) is 3.35. The molecule has 0 radical (unpaired) electrons. The van der Waals surface area contributed by atoms with Crippen molar-refractivity contribution in [2.24, 2.45) is 0 Å². The van der Waals surface area contributed by atoms with Gasteiger partial charge in [-0.1, -0.05) is 34.3 Å². The molecule has 4 heteroatoms. The molecule has 0 saturated carbocycles. The lowest BCUT2D eigenvalue weighted by molar-refractivity contribution is -0.128. The van der Waals surface area contributed by atoms with E-state index in [1.165, 1.54) is 0 Å². The minimum Gasteiger partial charge on any atom is -0.423 e. The van der Waals surface area contributed by atoms with E-state index in [9.17, 15) is 4.79 Å². The first-order valence-corrected chi connectivity index (χ1v) is 7.16. The summed E-state index contributed by atoms with van der Waals surface area (Å²) in [6.07, 6.45) is 1.14. The maximum Gasteiger partial charge on any atom is 0.335 e. The molecule has 0 heterocycles. The number of carbonyl (C=O) groups is 1. The second-order valence-electron chi connectivity index (χ2n) is 3.65. The van der Waals surface area contributed by atoms with E-state index in [2.05, 4.69) is 22.5 Å². The third-order valence-electron chi connectivity index (χ3n) is 2.26. The van der Waals surface area contributed by atoms with Gasteiger partial charge in [-0.15, -0.1) is 0 Å². The molecule has 0 fully saturated rings. The van der Waals surface area contributed by atoms with Crippen molar-refractivity contribution in [1.82, 2.24) is 0 Å². The summed E-state index contributed by atoms with van der Waals surface area (Å²) >= 11 is 5.05. The summed E-state index contributed by atoms with van der Waals surface area (Å²) in [7, 11) is 0. The Morgan fingerprint density at radius 3 is 2.11 bits per heavy atom. The van der Waals surface area contributed by atoms with Crippen LogP contribution in [-0.4, -0.2) is 5.97 Å². The smallest absolute Gasteiger partial charge is 0.335 e. The maximum atomic E-state index is 11.0. The van der Waals surface area contributed by atoms with Gasteiger partial charge in [0.05, 0.1) is 0 Å². The summed E-state index contributed by atoms with van der Waals surface area (Å²) in [6, 6.07) is 15.5. The van der Waals surface area contributed by atoms with Crippen molar-refractivity contribution in [2.45, 2.75) is 9.79 Å². The number of benzene rings is 2. The number of esters is 1. The van der Waals surface area contributed by atoms with Gasteiger partial charge in [0.25, 0.3) is 0 Å². The first-order valence-electron chi connectivity index (χ1n) is 5.55. The van der Waals surface area contributed by atoms with Crippen molar-refractivity contribution in [3.05, 3.63) is 65.7 Å². The van der Waals surface area contributed by atoms with E-state index in [-0.39, 0.29) is 0 Å². The van der Waals surface area contributed by atoms with Gasteiger partial charge in [0.2, 0.25) is 0 Å². The SMILES string of the molecule is C=CC(=O)Oc1ccc(Sc2ccc(Br)cc2)cc1. The van der Waals surface area contributed by atoms with E-state index >= 15 is 0 Å². The molecule has 0 saturated heterocycles. The van der Waals surface area contributed by atoms with Crippen molar-refractivity contribution in [3.63, 3.8) is 0 Å². The van der Waals surface area contributed by atoms with Crippen LogP contribution in [0.25, 0.3) is 0 Å². The van der Waals surface area contributed by atoms with E-state index in [1.807, 2.05) is 36.4 Å². The molecule has 2 rings (SSSR count). The van der Waals surface area contributed by atoms with Crippen LogP contribution in [0, 0.1) is 0 Å². The first-order chi connectivity index (χ1) is 9.17. The van der Waals surface area contributed by atoms with Gasteiger partial charge in [0.15, 0.2) is 0 Å². The third-order valence-corrected chi connectivity index (χ3v) is 3.80.